The molecule has 0 fully saturated rings. The van der Waals surface area contributed by atoms with Gasteiger partial charge < -0.3 is 9.16 Å². The quantitative estimate of drug-likeness (QED) is 0.0148. The molecule has 0 bridgehead atoms. The monoisotopic (exact) mass is 821 g/mol. The summed E-state index contributed by atoms with van der Waals surface area (Å²) in [5, 5.41) is 2.68. The molecule has 59 heavy (non-hydrogen) atoms. The lowest BCUT2D eigenvalue weighted by Gasteiger charge is -2.33. The van der Waals surface area contributed by atoms with Gasteiger partial charge >= 0.3 is 14.3 Å². The number of ether oxygens (including phenoxy) is 1. The topological polar surface area (TPSA) is 52.6 Å². The summed E-state index contributed by atoms with van der Waals surface area (Å²) in [6.07, 6.45) is 41.7. The van der Waals surface area contributed by atoms with E-state index in [1.54, 1.807) is 0 Å². The summed E-state index contributed by atoms with van der Waals surface area (Å²) in [5.74, 6) is 0.0496. The van der Waals surface area contributed by atoms with Crippen LogP contribution in [0.3, 0.4) is 0 Å². The van der Waals surface area contributed by atoms with Crippen molar-refractivity contribution in [3.05, 3.63) is 109 Å². The molecule has 0 saturated heterocycles. The Morgan fingerprint density at radius 1 is 0.424 bits per heavy atom. The van der Waals surface area contributed by atoms with Gasteiger partial charge in [0, 0.05) is 18.0 Å². The number of benzene rings is 3. The Kier molecular flexibility index (Phi) is 27.8. The molecule has 0 unspecified atom stereocenters. The van der Waals surface area contributed by atoms with Gasteiger partial charge in [-0.25, -0.2) is 0 Å². The van der Waals surface area contributed by atoms with Crippen molar-refractivity contribution in [1.82, 2.24) is 0 Å². The fraction of sp³-hybridized carbons (Fsp3) is 0.556. The van der Waals surface area contributed by atoms with Crippen LogP contribution in [0.4, 0.5) is 0 Å². The molecule has 0 aliphatic rings. The van der Waals surface area contributed by atoms with E-state index in [4.69, 9.17) is 9.16 Å². The first-order chi connectivity index (χ1) is 29.1. The number of unbranched alkanes of at least 4 members (excludes halogenated alkanes) is 22. The minimum Gasteiger partial charge on any atom is -0.505 e. The van der Waals surface area contributed by atoms with Gasteiger partial charge in [0.15, 0.2) is 0 Å². The number of carbonyl (C=O) groups is 2. The molecule has 5 heteroatoms. The Bertz CT molecular complexity index is 1510. The lowest BCUT2D eigenvalue weighted by molar-refractivity contribution is -0.135. The fourth-order valence-corrected chi connectivity index (χ4v) is 11.8. The number of hydrogen-bond acceptors (Lipinski definition) is 4. The summed E-state index contributed by atoms with van der Waals surface area (Å²) >= 11 is 0. The highest BCUT2D eigenvalue weighted by Crippen LogP contribution is 2.20. The van der Waals surface area contributed by atoms with Crippen molar-refractivity contribution in [3.63, 3.8) is 0 Å². The molecular formula is C54H80O4Si. The molecule has 4 nitrogen and oxygen atoms in total. The van der Waals surface area contributed by atoms with E-state index in [0.717, 1.165) is 66.9 Å². The fourth-order valence-electron chi connectivity index (χ4n) is 7.92. The minimum absolute atomic E-state index is 0.198. The van der Waals surface area contributed by atoms with Gasteiger partial charge in [0.2, 0.25) is 0 Å². The third kappa shape index (κ3) is 20.9. The predicted octanol–water partition coefficient (Wildman–Crippen LogP) is 14.2. The number of esters is 1. The van der Waals surface area contributed by atoms with Crippen molar-refractivity contribution in [3.8, 4) is 5.75 Å². The first-order valence-corrected chi connectivity index (χ1v) is 26.0. The highest BCUT2D eigenvalue weighted by atomic mass is 28.4. The molecule has 0 spiro atoms. The van der Waals surface area contributed by atoms with Crippen LogP contribution < -0.4 is 20.3 Å². The van der Waals surface area contributed by atoms with Gasteiger partial charge in [-0.2, -0.15) is 0 Å². The van der Waals surface area contributed by atoms with Gasteiger partial charge in [-0.15, -0.1) is 0 Å². The van der Waals surface area contributed by atoms with E-state index in [-0.39, 0.29) is 11.9 Å². The second-order valence-corrected chi connectivity index (χ2v) is 19.8. The molecule has 324 valence electrons. The average molecular weight is 821 g/mol. The minimum atomic E-state index is -3.42. The van der Waals surface area contributed by atoms with E-state index in [2.05, 4.69) is 62.4 Å². The zero-order chi connectivity index (χ0) is 41.9. The molecule has 0 aliphatic carbocycles. The van der Waals surface area contributed by atoms with Crippen molar-refractivity contribution in [2.45, 2.75) is 194 Å². The summed E-state index contributed by atoms with van der Waals surface area (Å²) in [6, 6.07) is 27.9. The van der Waals surface area contributed by atoms with Crippen LogP contribution in [0.2, 0.25) is 0 Å². The number of carbonyl (C=O) groups excluding carboxylic acids is 2. The lowest BCUT2D eigenvalue weighted by Crippen LogP contribution is -2.70. The predicted molar refractivity (Wildman–Crippen MR) is 255 cm³/mol. The first-order valence-electron chi connectivity index (χ1n) is 24.0. The van der Waals surface area contributed by atoms with Crippen LogP contribution in [0.15, 0.2) is 109 Å². The van der Waals surface area contributed by atoms with Gasteiger partial charge in [0.1, 0.15) is 5.75 Å². The molecule has 3 aromatic rings. The van der Waals surface area contributed by atoms with E-state index in [9.17, 15) is 9.59 Å². The molecule has 3 aromatic carbocycles. The zero-order valence-corrected chi connectivity index (χ0v) is 38.3. The number of para-hydroxylation sites is 1. The van der Waals surface area contributed by atoms with Gasteiger partial charge in [-0.1, -0.05) is 220 Å². The molecule has 0 radical (unpaired) electrons. The Balaban J connectivity index is 1.52. The van der Waals surface area contributed by atoms with Gasteiger partial charge in [-0.05, 0) is 80.6 Å². The van der Waals surface area contributed by atoms with Crippen LogP contribution >= 0.6 is 0 Å². The van der Waals surface area contributed by atoms with E-state index in [1.165, 1.54) is 116 Å². The van der Waals surface area contributed by atoms with Crippen LogP contribution in [-0.4, -0.2) is 20.3 Å². The summed E-state index contributed by atoms with van der Waals surface area (Å²) < 4.78 is 13.0. The summed E-state index contributed by atoms with van der Waals surface area (Å²) in [6.45, 7) is 4.54. The summed E-state index contributed by atoms with van der Waals surface area (Å²) in [4.78, 5) is 27.3. The maximum atomic E-state index is 13.9. The average Bonchev–Trinajstić information content (AvgIpc) is 3.26. The standard InChI is InChI=1S/C54H80O4Si/c1-3-5-7-9-11-13-15-17-19-21-23-25-27-29-37-47-53(55)57-51-45-39-40-46-52(51)59(49-41-33-31-34-42-49,50-43-35-32-36-44-50)58-54(56)48-38-30-28-26-24-22-20-18-16-14-12-10-8-6-4-2/h17-20,31-36,39-46H,3-16,21-30,37-38,47-48H2,1-2H3/b19-17-,20-18-. The van der Waals surface area contributed by atoms with Gasteiger partial charge in [0.05, 0.1) is 0 Å². The normalized spacial score (nSPS) is 11.8. The molecule has 0 saturated carbocycles. The molecule has 0 aromatic heterocycles. The van der Waals surface area contributed by atoms with Gasteiger partial charge in [0.25, 0.3) is 5.97 Å². The number of rotatable bonds is 35. The van der Waals surface area contributed by atoms with E-state index in [0.29, 0.717) is 18.6 Å². The SMILES string of the molecule is CCCCCCCC/C=C\CCCCCCCC(=O)Oc1ccccc1[Si](OC(=O)CCCCCCC/C=C\CCCCCCCC)(c1ccccc1)c1ccccc1. The van der Waals surface area contributed by atoms with Crippen LogP contribution in [0.25, 0.3) is 0 Å². The third-order valence-electron chi connectivity index (χ3n) is 11.4. The molecule has 0 N–H and O–H groups in total. The van der Waals surface area contributed by atoms with Crippen LogP contribution in [0.1, 0.15) is 194 Å². The lowest BCUT2D eigenvalue weighted by atomic mass is 10.1. The van der Waals surface area contributed by atoms with Crippen molar-refractivity contribution in [2.24, 2.45) is 0 Å². The first kappa shape index (κ1) is 49.7. The Morgan fingerprint density at radius 3 is 1.22 bits per heavy atom. The Hall–Kier alpha value is -3.70. The maximum absolute atomic E-state index is 13.9. The zero-order valence-electron chi connectivity index (χ0n) is 37.3. The molecule has 0 aliphatic heterocycles. The van der Waals surface area contributed by atoms with E-state index < -0.39 is 8.32 Å². The van der Waals surface area contributed by atoms with Crippen molar-refractivity contribution >= 4 is 35.8 Å². The smallest absolute Gasteiger partial charge is 0.354 e. The van der Waals surface area contributed by atoms with Gasteiger partial charge in [-0.3, -0.25) is 9.59 Å². The van der Waals surface area contributed by atoms with Crippen molar-refractivity contribution in [1.29, 1.82) is 0 Å². The second kappa shape index (κ2) is 33.1. The van der Waals surface area contributed by atoms with Crippen LogP contribution in [-0.2, 0) is 14.0 Å². The van der Waals surface area contributed by atoms with E-state index >= 15 is 0 Å². The highest BCUT2D eigenvalue weighted by Gasteiger charge is 2.47. The number of hydrogen-bond donors (Lipinski definition) is 0. The Morgan fingerprint density at radius 2 is 0.780 bits per heavy atom. The molecule has 3 rings (SSSR count). The summed E-state index contributed by atoms with van der Waals surface area (Å²) in [7, 11) is -3.42. The largest absolute Gasteiger partial charge is 0.505 e. The maximum Gasteiger partial charge on any atom is 0.354 e. The second-order valence-electron chi connectivity index (χ2n) is 16.5. The van der Waals surface area contributed by atoms with Crippen molar-refractivity contribution < 1.29 is 18.8 Å². The Labute approximate surface area is 361 Å². The molecule has 0 amide bonds. The molecule has 0 heterocycles. The number of allylic oxidation sites excluding steroid dienone is 4. The molecule has 0 atom stereocenters. The van der Waals surface area contributed by atoms with Crippen LogP contribution in [0.5, 0.6) is 5.75 Å². The van der Waals surface area contributed by atoms with Crippen molar-refractivity contribution in [2.75, 3.05) is 0 Å². The highest BCUT2D eigenvalue weighted by molar-refractivity contribution is 7.08. The summed E-state index contributed by atoms with van der Waals surface area (Å²) in [5.41, 5.74) is 0. The van der Waals surface area contributed by atoms with Crippen LogP contribution in [0, 0.1) is 0 Å². The third-order valence-corrected chi connectivity index (χ3v) is 15.4. The van der Waals surface area contributed by atoms with E-state index in [1.807, 2.05) is 60.7 Å². The molecular weight excluding hydrogens is 741 g/mol.